The first-order valence-electron chi connectivity index (χ1n) is 26.2. The maximum Gasteiger partial charge on any atom is 0.306 e. The summed E-state index contributed by atoms with van der Waals surface area (Å²) in [6.45, 7) is 4.54. The highest BCUT2D eigenvalue weighted by atomic mass is 16.7. The number of aliphatic hydroxyl groups is 4. The number of aliphatic hydroxyl groups excluding tert-OH is 4. The number of hydrogen-bond acceptors (Lipinski definition) is 9. The minimum atomic E-state index is -1.54. The van der Waals surface area contributed by atoms with Crippen molar-refractivity contribution in [1.29, 1.82) is 0 Å². The molecule has 0 radical (unpaired) electrons. The fraction of sp³-hybridized carbons (Fsp3) is 0.833. The Morgan fingerprint density at radius 1 is 0.508 bits per heavy atom. The minimum Gasteiger partial charge on any atom is -0.457 e. The summed E-state index contributed by atoms with van der Waals surface area (Å²) in [5.41, 5.74) is 0. The van der Waals surface area contributed by atoms with Crippen molar-refractivity contribution in [3.05, 3.63) is 48.6 Å². The Labute approximate surface area is 386 Å². The maximum atomic E-state index is 12.8. The van der Waals surface area contributed by atoms with Crippen LogP contribution in [0.2, 0.25) is 0 Å². The van der Waals surface area contributed by atoms with E-state index < -0.39 is 43.4 Å². The second-order valence-corrected chi connectivity index (χ2v) is 18.0. The molecule has 9 nitrogen and oxygen atoms in total. The van der Waals surface area contributed by atoms with E-state index in [2.05, 4.69) is 62.5 Å². The summed E-state index contributed by atoms with van der Waals surface area (Å²) in [6.07, 6.45) is 50.1. The van der Waals surface area contributed by atoms with E-state index in [1.807, 2.05) is 0 Å². The van der Waals surface area contributed by atoms with Gasteiger partial charge in [0.15, 0.2) is 6.29 Å². The molecule has 4 N–H and O–H groups in total. The van der Waals surface area contributed by atoms with E-state index in [0.717, 1.165) is 57.8 Å². The third-order valence-electron chi connectivity index (χ3n) is 12.0. The van der Waals surface area contributed by atoms with E-state index in [0.29, 0.717) is 13.0 Å². The molecule has 6 atom stereocenters. The fourth-order valence-electron chi connectivity index (χ4n) is 7.85. The zero-order valence-corrected chi connectivity index (χ0v) is 40.6. The lowest BCUT2D eigenvalue weighted by Gasteiger charge is -2.39. The van der Waals surface area contributed by atoms with Crippen molar-refractivity contribution in [3.8, 4) is 0 Å². The second-order valence-electron chi connectivity index (χ2n) is 18.0. The smallest absolute Gasteiger partial charge is 0.306 e. The van der Waals surface area contributed by atoms with Crippen molar-refractivity contribution < 1.29 is 44.2 Å². The van der Waals surface area contributed by atoms with E-state index in [4.69, 9.17) is 18.9 Å². The Balaban J connectivity index is 2.17. The summed E-state index contributed by atoms with van der Waals surface area (Å²) >= 11 is 0. The van der Waals surface area contributed by atoms with Crippen molar-refractivity contribution in [3.63, 3.8) is 0 Å². The Kier molecular flexibility index (Phi) is 42.6. The van der Waals surface area contributed by atoms with Gasteiger partial charge in [0.2, 0.25) is 0 Å². The van der Waals surface area contributed by atoms with E-state index >= 15 is 0 Å². The third kappa shape index (κ3) is 36.0. The Hall–Kier alpha value is -1.85. The Morgan fingerprint density at radius 3 is 1.40 bits per heavy atom. The molecular formula is C54H98O9. The molecule has 9 heteroatoms. The van der Waals surface area contributed by atoms with Crippen LogP contribution in [0.5, 0.6) is 0 Å². The highest BCUT2D eigenvalue weighted by Crippen LogP contribution is 2.23. The van der Waals surface area contributed by atoms with Crippen LogP contribution >= 0.6 is 0 Å². The molecule has 1 saturated heterocycles. The predicted octanol–water partition coefficient (Wildman–Crippen LogP) is 12.9. The van der Waals surface area contributed by atoms with Gasteiger partial charge in [0, 0.05) is 13.0 Å². The number of hydrogen-bond donors (Lipinski definition) is 4. The lowest BCUT2D eigenvalue weighted by atomic mass is 9.99. The molecule has 0 aromatic heterocycles. The van der Waals surface area contributed by atoms with Gasteiger partial charge in [0.05, 0.1) is 19.8 Å². The van der Waals surface area contributed by atoms with Gasteiger partial charge in [0.1, 0.15) is 30.5 Å². The van der Waals surface area contributed by atoms with Crippen LogP contribution in [0.4, 0.5) is 0 Å². The van der Waals surface area contributed by atoms with Gasteiger partial charge < -0.3 is 39.4 Å². The Bertz CT molecular complexity index is 1100. The largest absolute Gasteiger partial charge is 0.457 e. The first-order chi connectivity index (χ1) is 30.9. The van der Waals surface area contributed by atoms with Crippen molar-refractivity contribution >= 4 is 5.97 Å². The summed E-state index contributed by atoms with van der Waals surface area (Å²) in [5, 5.41) is 40.2. The van der Waals surface area contributed by atoms with Crippen molar-refractivity contribution in [2.45, 2.75) is 263 Å². The standard InChI is InChI=1S/C54H98O9/c1-3-5-7-9-11-13-15-17-19-20-21-22-23-24-25-26-27-28-29-30-32-34-36-38-40-42-44-60-46-48(47-61-54-53(59)52(58)51(57)49(45-55)63-54)62-50(56)43-41-39-37-35-33-31-18-16-14-12-10-8-6-4-2/h15-18,20-21,23-24,48-49,51-55,57-59H,3-14,19,22,25-47H2,1-2H3/b17-15-,18-16-,21-20-,24-23-. The summed E-state index contributed by atoms with van der Waals surface area (Å²) in [7, 11) is 0. The molecule has 0 aliphatic carbocycles. The molecule has 0 aromatic rings. The van der Waals surface area contributed by atoms with Gasteiger partial charge in [-0.2, -0.15) is 0 Å². The molecule has 1 aliphatic rings. The average Bonchev–Trinajstić information content (AvgIpc) is 3.28. The van der Waals surface area contributed by atoms with Gasteiger partial charge in [-0.05, 0) is 77.0 Å². The highest BCUT2D eigenvalue weighted by Gasteiger charge is 2.44. The first-order valence-corrected chi connectivity index (χ1v) is 26.2. The lowest BCUT2D eigenvalue weighted by molar-refractivity contribution is -0.305. The van der Waals surface area contributed by atoms with Crippen LogP contribution in [-0.2, 0) is 23.7 Å². The molecule has 0 amide bonds. The molecule has 1 rings (SSSR count). The fourth-order valence-corrected chi connectivity index (χ4v) is 7.85. The van der Waals surface area contributed by atoms with Gasteiger partial charge in [0.25, 0.3) is 0 Å². The van der Waals surface area contributed by atoms with E-state index in [-0.39, 0.29) is 19.2 Å². The average molecular weight is 891 g/mol. The zero-order valence-electron chi connectivity index (χ0n) is 40.6. The quantitative estimate of drug-likeness (QED) is 0.0268. The van der Waals surface area contributed by atoms with Gasteiger partial charge in [-0.15, -0.1) is 0 Å². The van der Waals surface area contributed by atoms with Gasteiger partial charge >= 0.3 is 5.97 Å². The number of carbonyl (C=O) groups excluding carboxylic acids is 1. The van der Waals surface area contributed by atoms with Gasteiger partial charge in [-0.3, -0.25) is 4.79 Å². The Morgan fingerprint density at radius 2 is 0.921 bits per heavy atom. The molecule has 63 heavy (non-hydrogen) atoms. The van der Waals surface area contributed by atoms with Crippen LogP contribution in [0.3, 0.4) is 0 Å². The molecule has 368 valence electrons. The normalized spacial score (nSPS) is 20.0. The lowest BCUT2D eigenvalue weighted by Crippen LogP contribution is -2.59. The summed E-state index contributed by atoms with van der Waals surface area (Å²) in [5.74, 6) is -0.323. The predicted molar refractivity (Wildman–Crippen MR) is 261 cm³/mol. The third-order valence-corrected chi connectivity index (χ3v) is 12.0. The van der Waals surface area contributed by atoms with Crippen LogP contribution in [0, 0.1) is 0 Å². The number of ether oxygens (including phenoxy) is 4. The van der Waals surface area contributed by atoms with E-state index in [1.165, 1.54) is 148 Å². The van der Waals surface area contributed by atoms with Crippen LogP contribution in [0.1, 0.15) is 226 Å². The molecule has 1 fully saturated rings. The number of rotatable bonds is 45. The van der Waals surface area contributed by atoms with E-state index in [1.54, 1.807) is 0 Å². The summed E-state index contributed by atoms with van der Waals surface area (Å²) in [4.78, 5) is 12.8. The van der Waals surface area contributed by atoms with Crippen molar-refractivity contribution in [2.24, 2.45) is 0 Å². The van der Waals surface area contributed by atoms with Gasteiger partial charge in [-0.25, -0.2) is 0 Å². The molecular weight excluding hydrogens is 793 g/mol. The first kappa shape index (κ1) is 59.2. The van der Waals surface area contributed by atoms with Crippen LogP contribution in [-0.4, -0.2) is 89.6 Å². The maximum absolute atomic E-state index is 12.8. The minimum absolute atomic E-state index is 0.118. The molecule has 6 unspecified atom stereocenters. The molecule has 0 aromatic carbocycles. The summed E-state index contributed by atoms with van der Waals surface area (Å²) in [6, 6.07) is 0. The number of carbonyl (C=O) groups is 1. The van der Waals surface area contributed by atoms with Gasteiger partial charge in [-0.1, -0.05) is 191 Å². The number of allylic oxidation sites excluding steroid dienone is 8. The monoisotopic (exact) mass is 891 g/mol. The molecule has 0 saturated carbocycles. The molecule has 1 heterocycles. The van der Waals surface area contributed by atoms with Crippen LogP contribution in [0.15, 0.2) is 48.6 Å². The topological polar surface area (TPSA) is 135 Å². The highest BCUT2D eigenvalue weighted by molar-refractivity contribution is 5.69. The van der Waals surface area contributed by atoms with E-state index in [9.17, 15) is 25.2 Å². The molecule has 1 aliphatic heterocycles. The SMILES string of the molecule is CCCCCCC/C=C\C/C=C\C/C=C\CCCCCCCCCCCCCOCC(COC1OC(CO)C(O)C(O)C1O)OC(=O)CCCCCCC/C=C\CCCCCCC. The zero-order chi connectivity index (χ0) is 45.7. The molecule has 0 spiro atoms. The van der Waals surface area contributed by atoms with Crippen LogP contribution in [0.25, 0.3) is 0 Å². The van der Waals surface area contributed by atoms with Crippen molar-refractivity contribution in [2.75, 3.05) is 26.4 Å². The number of unbranched alkanes of at least 4 members (excludes halogenated alkanes) is 26. The second kappa shape index (κ2) is 45.3. The van der Waals surface area contributed by atoms with Crippen molar-refractivity contribution in [1.82, 2.24) is 0 Å². The molecule has 0 bridgehead atoms. The van der Waals surface area contributed by atoms with Crippen LogP contribution < -0.4 is 0 Å². The summed E-state index contributed by atoms with van der Waals surface area (Å²) < 4.78 is 22.9. The number of esters is 1.